The van der Waals surface area contributed by atoms with Gasteiger partial charge in [0.25, 0.3) is 0 Å². The molecule has 0 aliphatic carbocycles. The van der Waals surface area contributed by atoms with E-state index in [1.807, 2.05) is 69.3 Å². The minimum Gasteiger partial charge on any atom is -0.486 e. The number of rotatable bonds is 5. The average Bonchev–Trinajstić information content (AvgIpc) is 2.62. The highest BCUT2D eigenvalue weighted by atomic mass is 16.6. The molecule has 1 aliphatic rings. The van der Waals surface area contributed by atoms with Crippen LogP contribution in [-0.2, 0) is 21.4 Å². The van der Waals surface area contributed by atoms with Gasteiger partial charge in [-0.3, -0.25) is 4.79 Å². The van der Waals surface area contributed by atoms with Gasteiger partial charge in [-0.15, -0.1) is 0 Å². The number of hydrogen-bond donors (Lipinski definition) is 0. The van der Waals surface area contributed by atoms with Crippen LogP contribution < -0.4 is 9.47 Å². The fourth-order valence-electron chi connectivity index (χ4n) is 2.87. The molecule has 0 N–H and O–H groups in total. The highest BCUT2D eigenvalue weighted by Gasteiger charge is 2.33. The number of carbonyl (C=O) groups excluding carboxylic acids is 1. The van der Waals surface area contributed by atoms with Gasteiger partial charge >= 0.3 is 5.97 Å². The molecule has 0 fully saturated rings. The molecule has 1 unspecified atom stereocenters. The van der Waals surface area contributed by atoms with Crippen LogP contribution in [0.2, 0.25) is 0 Å². The fraction of sp³-hybridized carbons (Fsp3) is 0.381. The zero-order chi connectivity index (χ0) is 17.9. The number of ether oxygens (including phenoxy) is 3. The Hall–Kier alpha value is -2.49. The zero-order valence-electron chi connectivity index (χ0n) is 15.0. The Balaban J connectivity index is 1.69. The average molecular weight is 340 g/mol. The van der Waals surface area contributed by atoms with Gasteiger partial charge < -0.3 is 14.2 Å². The van der Waals surface area contributed by atoms with Gasteiger partial charge in [0.1, 0.15) is 19.3 Å². The molecule has 2 aromatic rings. The Morgan fingerprint density at radius 1 is 1.08 bits per heavy atom. The summed E-state index contributed by atoms with van der Waals surface area (Å²) in [4.78, 5) is 12.7. The normalized spacial score (nSPS) is 14.7. The van der Waals surface area contributed by atoms with Crippen molar-refractivity contribution < 1.29 is 19.0 Å². The van der Waals surface area contributed by atoms with Gasteiger partial charge in [-0.1, -0.05) is 36.4 Å². The lowest BCUT2D eigenvalue weighted by molar-refractivity contribution is -0.154. The molecule has 1 heterocycles. The number of carbonyl (C=O) groups is 1. The topological polar surface area (TPSA) is 44.8 Å². The Kier molecular flexibility index (Phi) is 4.98. The minimum absolute atomic E-state index is 0.189. The smallest absolute Gasteiger partial charge is 0.316 e. The van der Waals surface area contributed by atoms with Crippen molar-refractivity contribution in [1.29, 1.82) is 0 Å². The van der Waals surface area contributed by atoms with Crippen LogP contribution in [0.5, 0.6) is 11.5 Å². The summed E-state index contributed by atoms with van der Waals surface area (Å²) in [5.74, 6) is 1.16. The number of fused-ring (bicyclic) bond motifs is 1. The maximum atomic E-state index is 12.7. The van der Waals surface area contributed by atoms with Crippen molar-refractivity contribution in [1.82, 2.24) is 0 Å². The Bertz CT molecular complexity index is 737. The van der Waals surface area contributed by atoms with E-state index in [1.165, 1.54) is 0 Å². The second-order valence-electron chi connectivity index (χ2n) is 6.89. The first kappa shape index (κ1) is 17.3. The summed E-state index contributed by atoms with van der Waals surface area (Å²) >= 11 is 0. The predicted octanol–water partition coefficient (Wildman–Crippen LogP) is 3.91. The highest BCUT2D eigenvalue weighted by molar-refractivity contribution is 5.82. The quantitative estimate of drug-likeness (QED) is 0.774. The molecular formula is C21H24O4. The first-order valence-corrected chi connectivity index (χ1v) is 8.62. The molecule has 132 valence electrons. The third-order valence-corrected chi connectivity index (χ3v) is 4.45. The summed E-state index contributed by atoms with van der Waals surface area (Å²) in [6, 6.07) is 15.7. The predicted molar refractivity (Wildman–Crippen MR) is 96.2 cm³/mol. The molecule has 0 bridgehead atoms. The van der Waals surface area contributed by atoms with Crippen LogP contribution in [-0.4, -0.2) is 25.3 Å². The summed E-state index contributed by atoms with van der Waals surface area (Å²) in [5, 5.41) is 0. The van der Waals surface area contributed by atoms with Crippen molar-refractivity contribution in [2.75, 3.05) is 13.2 Å². The lowest BCUT2D eigenvalue weighted by Gasteiger charge is -2.27. The molecule has 2 aromatic carbocycles. The zero-order valence-corrected chi connectivity index (χ0v) is 15.0. The molecule has 1 aliphatic heterocycles. The van der Waals surface area contributed by atoms with Crippen molar-refractivity contribution in [3.63, 3.8) is 0 Å². The first-order chi connectivity index (χ1) is 12.0. The van der Waals surface area contributed by atoms with Crippen molar-refractivity contribution in [3.05, 3.63) is 59.7 Å². The van der Waals surface area contributed by atoms with E-state index in [1.54, 1.807) is 0 Å². The molecule has 1 atom stereocenters. The van der Waals surface area contributed by atoms with Crippen molar-refractivity contribution in [2.24, 2.45) is 0 Å². The second kappa shape index (κ2) is 7.18. The van der Waals surface area contributed by atoms with E-state index in [4.69, 9.17) is 14.2 Å². The standard InChI is InChI=1S/C21H24O4/c1-15(13-16-7-5-4-6-8-16)25-20(22)21(2,3)17-9-10-18-19(14-17)24-12-11-23-18/h4-10,14-15H,11-13H2,1-3H3. The maximum absolute atomic E-state index is 12.7. The highest BCUT2D eigenvalue weighted by Crippen LogP contribution is 2.35. The molecule has 3 rings (SSSR count). The summed E-state index contributed by atoms with van der Waals surface area (Å²) in [6.45, 7) is 6.74. The lowest BCUT2D eigenvalue weighted by Crippen LogP contribution is -2.34. The van der Waals surface area contributed by atoms with Gasteiger partial charge in [0.15, 0.2) is 11.5 Å². The number of benzene rings is 2. The van der Waals surface area contributed by atoms with Crippen LogP contribution in [0.1, 0.15) is 31.9 Å². The van der Waals surface area contributed by atoms with E-state index in [2.05, 4.69) is 0 Å². The van der Waals surface area contributed by atoms with Crippen LogP contribution in [0.3, 0.4) is 0 Å². The Morgan fingerprint density at radius 2 is 1.76 bits per heavy atom. The molecule has 4 heteroatoms. The third kappa shape index (κ3) is 3.95. The summed E-state index contributed by atoms with van der Waals surface area (Å²) in [7, 11) is 0. The van der Waals surface area contributed by atoms with Gasteiger partial charge in [-0.05, 0) is 44.0 Å². The molecule has 0 saturated heterocycles. The van der Waals surface area contributed by atoms with Crippen molar-refractivity contribution in [3.8, 4) is 11.5 Å². The van der Waals surface area contributed by atoms with Crippen LogP contribution in [0.15, 0.2) is 48.5 Å². The van der Waals surface area contributed by atoms with E-state index in [0.29, 0.717) is 25.4 Å². The minimum atomic E-state index is -0.763. The van der Waals surface area contributed by atoms with Gasteiger partial charge in [0.2, 0.25) is 0 Å². The number of hydrogen-bond acceptors (Lipinski definition) is 4. The van der Waals surface area contributed by atoms with E-state index in [9.17, 15) is 4.79 Å². The van der Waals surface area contributed by atoms with Crippen LogP contribution >= 0.6 is 0 Å². The van der Waals surface area contributed by atoms with E-state index in [0.717, 1.165) is 16.9 Å². The van der Waals surface area contributed by atoms with Crippen molar-refractivity contribution in [2.45, 2.75) is 38.7 Å². The molecule has 0 spiro atoms. The van der Waals surface area contributed by atoms with Gasteiger partial charge in [-0.2, -0.15) is 0 Å². The second-order valence-corrected chi connectivity index (χ2v) is 6.89. The molecule has 0 saturated carbocycles. The Labute approximate surface area is 148 Å². The SMILES string of the molecule is CC(Cc1ccccc1)OC(=O)C(C)(C)c1ccc2c(c1)OCCO2. The lowest BCUT2D eigenvalue weighted by atomic mass is 9.84. The first-order valence-electron chi connectivity index (χ1n) is 8.62. The van der Waals surface area contributed by atoms with Gasteiger partial charge in [0, 0.05) is 6.42 Å². The third-order valence-electron chi connectivity index (χ3n) is 4.45. The van der Waals surface area contributed by atoms with Crippen LogP contribution in [0.4, 0.5) is 0 Å². The van der Waals surface area contributed by atoms with E-state index >= 15 is 0 Å². The molecule has 0 aromatic heterocycles. The molecular weight excluding hydrogens is 316 g/mol. The molecule has 0 amide bonds. The van der Waals surface area contributed by atoms with Crippen LogP contribution in [0.25, 0.3) is 0 Å². The summed E-state index contributed by atoms with van der Waals surface area (Å²) in [6.07, 6.45) is 0.510. The van der Waals surface area contributed by atoms with Crippen LogP contribution in [0, 0.1) is 0 Å². The molecule has 0 radical (unpaired) electrons. The monoisotopic (exact) mass is 340 g/mol. The van der Waals surface area contributed by atoms with Crippen molar-refractivity contribution >= 4 is 5.97 Å². The molecule has 4 nitrogen and oxygen atoms in total. The van der Waals surface area contributed by atoms with E-state index in [-0.39, 0.29) is 12.1 Å². The largest absolute Gasteiger partial charge is 0.486 e. The van der Waals surface area contributed by atoms with Gasteiger partial charge in [0.05, 0.1) is 5.41 Å². The summed E-state index contributed by atoms with van der Waals surface area (Å²) in [5.41, 5.74) is 1.24. The van der Waals surface area contributed by atoms with Gasteiger partial charge in [-0.25, -0.2) is 0 Å². The van der Waals surface area contributed by atoms with E-state index < -0.39 is 5.41 Å². The maximum Gasteiger partial charge on any atom is 0.316 e. The summed E-state index contributed by atoms with van der Waals surface area (Å²) < 4.78 is 16.9. The fourth-order valence-corrected chi connectivity index (χ4v) is 2.87. The molecule has 25 heavy (non-hydrogen) atoms. The Morgan fingerprint density at radius 3 is 2.48 bits per heavy atom. The number of esters is 1.